The fraction of sp³-hybridized carbons (Fsp3) is 0.435. The lowest BCUT2D eigenvalue weighted by molar-refractivity contribution is 0.269. The molecule has 0 saturated carbocycles. The molecule has 1 saturated heterocycles. The lowest BCUT2D eigenvalue weighted by atomic mass is 10.1. The highest BCUT2D eigenvalue weighted by Gasteiger charge is 2.30. The zero-order chi connectivity index (χ0) is 19.5. The van der Waals surface area contributed by atoms with Crippen LogP contribution in [-0.4, -0.2) is 55.7 Å². The first-order chi connectivity index (χ1) is 14.3. The van der Waals surface area contributed by atoms with Gasteiger partial charge in [-0.25, -0.2) is 0 Å². The molecule has 0 radical (unpaired) electrons. The van der Waals surface area contributed by atoms with Crippen molar-refractivity contribution in [3.63, 3.8) is 0 Å². The molecule has 2 aromatic heterocycles. The van der Waals surface area contributed by atoms with E-state index in [0.29, 0.717) is 5.92 Å². The summed E-state index contributed by atoms with van der Waals surface area (Å²) in [5.74, 6) is 2.82. The molecule has 6 heteroatoms. The second-order valence-electron chi connectivity index (χ2n) is 8.22. The lowest BCUT2D eigenvalue weighted by Crippen LogP contribution is -2.27. The summed E-state index contributed by atoms with van der Waals surface area (Å²) >= 11 is 0. The Balaban J connectivity index is 1.23. The van der Waals surface area contributed by atoms with Crippen LogP contribution in [0.5, 0.6) is 0 Å². The molecule has 3 aromatic rings. The number of rotatable bonds is 5. The summed E-state index contributed by atoms with van der Waals surface area (Å²) in [4.78, 5) is 9.30. The van der Waals surface area contributed by atoms with Crippen LogP contribution >= 0.6 is 0 Å². The van der Waals surface area contributed by atoms with Crippen molar-refractivity contribution in [3.8, 4) is 0 Å². The van der Waals surface area contributed by atoms with Crippen LogP contribution < -0.4 is 0 Å². The summed E-state index contributed by atoms with van der Waals surface area (Å²) in [6.45, 7) is 7.24. The second-order valence-corrected chi connectivity index (χ2v) is 8.22. The molecule has 1 unspecified atom stereocenters. The maximum atomic E-state index is 4.63. The van der Waals surface area contributed by atoms with Gasteiger partial charge in [0.2, 0.25) is 0 Å². The molecule has 150 valence electrons. The van der Waals surface area contributed by atoms with Crippen molar-refractivity contribution < 1.29 is 0 Å². The van der Waals surface area contributed by atoms with Gasteiger partial charge in [-0.1, -0.05) is 36.4 Å². The normalized spacial score (nSPS) is 20.5. The first-order valence-corrected chi connectivity index (χ1v) is 10.6. The zero-order valence-corrected chi connectivity index (χ0v) is 16.8. The van der Waals surface area contributed by atoms with Gasteiger partial charge in [-0.2, -0.15) is 0 Å². The third kappa shape index (κ3) is 4.23. The Hall–Kier alpha value is -2.57. The first kappa shape index (κ1) is 18.5. The first-order valence-electron chi connectivity index (χ1n) is 10.6. The van der Waals surface area contributed by atoms with Crippen LogP contribution in [0, 0.1) is 0 Å². The number of benzene rings is 1. The third-order valence-electron chi connectivity index (χ3n) is 6.16. The molecule has 0 bridgehead atoms. The van der Waals surface area contributed by atoms with Crippen LogP contribution in [0.3, 0.4) is 0 Å². The molecule has 2 aliphatic heterocycles. The molecule has 1 aromatic carbocycles. The van der Waals surface area contributed by atoms with Gasteiger partial charge in [0.05, 0.1) is 0 Å². The van der Waals surface area contributed by atoms with E-state index in [4.69, 9.17) is 0 Å². The average Bonchev–Trinajstić information content (AvgIpc) is 3.33. The van der Waals surface area contributed by atoms with Gasteiger partial charge >= 0.3 is 0 Å². The van der Waals surface area contributed by atoms with Gasteiger partial charge in [-0.05, 0) is 30.2 Å². The standard InChI is InChI=1S/C23H28N6/c1-2-5-19(6-3-1)16-27-12-9-22-25-26-23(29(22)14-13-27)21-8-11-28(18-21)17-20-7-4-10-24-15-20/h1-7,10,15,21H,8-9,11-14,16-18H2. The summed E-state index contributed by atoms with van der Waals surface area (Å²) in [5, 5.41) is 9.20. The Bertz CT molecular complexity index is 923. The number of likely N-dealkylation sites (tertiary alicyclic amines) is 1. The van der Waals surface area contributed by atoms with Gasteiger partial charge in [0.1, 0.15) is 11.6 Å². The van der Waals surface area contributed by atoms with Gasteiger partial charge in [-0.15, -0.1) is 10.2 Å². The van der Waals surface area contributed by atoms with Crippen molar-refractivity contribution in [2.24, 2.45) is 0 Å². The predicted octanol–water partition coefficient (Wildman–Crippen LogP) is 2.72. The maximum absolute atomic E-state index is 4.63. The smallest absolute Gasteiger partial charge is 0.137 e. The Morgan fingerprint density at radius 2 is 1.69 bits per heavy atom. The quantitative estimate of drug-likeness (QED) is 0.673. The Morgan fingerprint density at radius 1 is 0.828 bits per heavy atom. The molecular formula is C23H28N6. The van der Waals surface area contributed by atoms with E-state index in [9.17, 15) is 0 Å². The molecule has 0 amide bonds. The van der Waals surface area contributed by atoms with Crippen LogP contribution in [0.1, 0.15) is 35.1 Å². The largest absolute Gasteiger partial charge is 0.313 e. The molecule has 29 heavy (non-hydrogen) atoms. The molecule has 0 N–H and O–H groups in total. The van der Waals surface area contributed by atoms with Crippen molar-refractivity contribution in [1.29, 1.82) is 0 Å². The minimum absolute atomic E-state index is 0.480. The number of nitrogens with zero attached hydrogens (tertiary/aromatic N) is 6. The van der Waals surface area contributed by atoms with Gasteiger partial charge in [0.25, 0.3) is 0 Å². The molecule has 2 aliphatic rings. The fourth-order valence-electron chi connectivity index (χ4n) is 4.63. The van der Waals surface area contributed by atoms with E-state index >= 15 is 0 Å². The Labute approximate surface area is 172 Å². The average molecular weight is 389 g/mol. The Morgan fingerprint density at radius 3 is 2.55 bits per heavy atom. The number of aromatic nitrogens is 4. The fourth-order valence-corrected chi connectivity index (χ4v) is 4.63. The molecule has 1 fully saturated rings. The SMILES string of the molecule is c1ccc(CN2CCc3nnc(C4CCN(Cc5cccnc5)C4)n3CC2)cc1. The summed E-state index contributed by atoms with van der Waals surface area (Å²) in [5.41, 5.74) is 2.66. The summed E-state index contributed by atoms with van der Waals surface area (Å²) < 4.78 is 2.41. The van der Waals surface area contributed by atoms with E-state index in [1.54, 1.807) is 0 Å². The minimum atomic E-state index is 0.480. The van der Waals surface area contributed by atoms with Gasteiger partial charge < -0.3 is 4.57 Å². The number of hydrogen-bond donors (Lipinski definition) is 0. The predicted molar refractivity (Wildman–Crippen MR) is 112 cm³/mol. The van der Waals surface area contributed by atoms with Crippen molar-refractivity contribution in [2.75, 3.05) is 26.2 Å². The van der Waals surface area contributed by atoms with Crippen LogP contribution in [0.25, 0.3) is 0 Å². The van der Waals surface area contributed by atoms with E-state index in [-0.39, 0.29) is 0 Å². The lowest BCUT2D eigenvalue weighted by Gasteiger charge is -2.20. The van der Waals surface area contributed by atoms with Crippen LogP contribution in [0.15, 0.2) is 54.9 Å². The molecule has 1 atom stereocenters. The minimum Gasteiger partial charge on any atom is -0.313 e. The highest BCUT2D eigenvalue weighted by molar-refractivity contribution is 5.15. The molecule has 4 heterocycles. The van der Waals surface area contributed by atoms with Crippen LogP contribution in [0.2, 0.25) is 0 Å². The Kier molecular flexibility index (Phi) is 5.37. The van der Waals surface area contributed by atoms with Crippen molar-refractivity contribution in [2.45, 2.75) is 38.4 Å². The number of hydrogen-bond acceptors (Lipinski definition) is 5. The van der Waals surface area contributed by atoms with E-state index in [1.807, 2.05) is 18.5 Å². The molecule has 0 spiro atoms. The summed E-state index contributed by atoms with van der Waals surface area (Å²) in [6, 6.07) is 14.9. The third-order valence-corrected chi connectivity index (χ3v) is 6.16. The molecule has 5 rings (SSSR count). The van der Waals surface area contributed by atoms with E-state index in [2.05, 4.69) is 65.9 Å². The van der Waals surface area contributed by atoms with Gasteiger partial charge in [-0.3, -0.25) is 14.8 Å². The molecule has 0 aliphatic carbocycles. The highest BCUT2D eigenvalue weighted by Crippen LogP contribution is 2.28. The highest BCUT2D eigenvalue weighted by atomic mass is 15.3. The number of pyridine rings is 1. The molecular weight excluding hydrogens is 360 g/mol. The van der Waals surface area contributed by atoms with Crippen molar-refractivity contribution >= 4 is 0 Å². The molecule has 6 nitrogen and oxygen atoms in total. The summed E-state index contributed by atoms with van der Waals surface area (Å²) in [7, 11) is 0. The van der Waals surface area contributed by atoms with Crippen LogP contribution in [-0.2, 0) is 26.1 Å². The van der Waals surface area contributed by atoms with Gasteiger partial charge in [0, 0.05) is 64.0 Å². The maximum Gasteiger partial charge on any atom is 0.137 e. The van der Waals surface area contributed by atoms with E-state index in [1.165, 1.54) is 17.0 Å². The monoisotopic (exact) mass is 388 g/mol. The summed E-state index contributed by atoms with van der Waals surface area (Å²) in [6.07, 6.45) is 5.94. The van der Waals surface area contributed by atoms with Gasteiger partial charge in [0.15, 0.2) is 0 Å². The van der Waals surface area contributed by atoms with E-state index < -0.39 is 0 Å². The second kappa shape index (κ2) is 8.43. The number of fused-ring (bicyclic) bond motifs is 1. The topological polar surface area (TPSA) is 50.1 Å². The van der Waals surface area contributed by atoms with Crippen molar-refractivity contribution in [3.05, 3.63) is 77.6 Å². The van der Waals surface area contributed by atoms with E-state index in [0.717, 1.165) is 64.5 Å². The zero-order valence-electron chi connectivity index (χ0n) is 16.8. The van der Waals surface area contributed by atoms with Crippen LogP contribution in [0.4, 0.5) is 0 Å². The van der Waals surface area contributed by atoms with Crippen molar-refractivity contribution in [1.82, 2.24) is 29.5 Å².